The Morgan fingerprint density at radius 2 is 1.86 bits per heavy atom. The Labute approximate surface area is 214 Å². The number of hydrogen-bond acceptors (Lipinski definition) is 5. The second-order valence-electron chi connectivity index (χ2n) is 10.3. The van der Waals surface area contributed by atoms with Crippen LogP contribution in [0.4, 0.5) is 5.69 Å². The molecule has 194 valence electrons. The summed E-state index contributed by atoms with van der Waals surface area (Å²) >= 11 is 0. The lowest BCUT2D eigenvalue weighted by molar-refractivity contribution is -0.117. The molecule has 7 nitrogen and oxygen atoms in total. The summed E-state index contributed by atoms with van der Waals surface area (Å²) < 4.78 is 12.1. The van der Waals surface area contributed by atoms with Gasteiger partial charge in [0.15, 0.2) is 0 Å². The highest BCUT2D eigenvalue weighted by molar-refractivity contribution is 5.99. The molecule has 0 spiro atoms. The molecular formula is C29H39N3O4. The fourth-order valence-electron chi connectivity index (χ4n) is 4.74. The van der Waals surface area contributed by atoms with Gasteiger partial charge in [-0.25, -0.2) is 0 Å². The molecule has 2 aromatic rings. The van der Waals surface area contributed by atoms with E-state index in [0.717, 1.165) is 32.4 Å². The van der Waals surface area contributed by atoms with Crippen molar-refractivity contribution in [1.29, 1.82) is 0 Å². The lowest BCUT2D eigenvalue weighted by atomic mass is 10.0. The molecular weight excluding hydrogens is 454 g/mol. The second kappa shape index (κ2) is 11.9. The van der Waals surface area contributed by atoms with Crippen molar-refractivity contribution in [2.24, 2.45) is 11.8 Å². The van der Waals surface area contributed by atoms with E-state index >= 15 is 0 Å². The molecule has 0 bridgehead atoms. The number of amides is 2. The van der Waals surface area contributed by atoms with Crippen LogP contribution in [0.5, 0.6) is 5.75 Å². The molecule has 1 N–H and O–H groups in total. The number of carbonyl (C=O) groups is 2. The van der Waals surface area contributed by atoms with Gasteiger partial charge in [-0.3, -0.25) is 14.5 Å². The zero-order chi connectivity index (χ0) is 25.7. The van der Waals surface area contributed by atoms with E-state index in [-0.39, 0.29) is 35.8 Å². The van der Waals surface area contributed by atoms with Crippen LogP contribution in [0.25, 0.3) is 0 Å². The number of methoxy groups -OCH3 is 1. The highest BCUT2D eigenvalue weighted by Gasteiger charge is 2.31. The number of likely N-dealkylation sites (N-methyl/N-ethyl adjacent to an activating group) is 1. The lowest BCUT2D eigenvalue weighted by Crippen LogP contribution is -2.47. The second-order valence-corrected chi connectivity index (χ2v) is 10.3. The van der Waals surface area contributed by atoms with Gasteiger partial charge in [0, 0.05) is 57.5 Å². The summed E-state index contributed by atoms with van der Waals surface area (Å²) in [5.41, 5.74) is 2.46. The first-order valence-electron chi connectivity index (χ1n) is 13.0. The molecule has 1 heterocycles. The SMILES string of the molecule is CO[C@H]1CN(C)C(=O)c2ccc(NC(=O)C3CC3)cc2OC[C@@H](C)N(CCc2ccccc2)C[C@@H]1C. The molecule has 2 aliphatic rings. The minimum Gasteiger partial charge on any atom is -0.491 e. The Kier molecular flexibility index (Phi) is 8.64. The number of hydrogen-bond donors (Lipinski definition) is 1. The molecule has 1 fully saturated rings. The molecule has 0 radical (unpaired) electrons. The summed E-state index contributed by atoms with van der Waals surface area (Å²) in [5, 5.41) is 2.97. The summed E-state index contributed by atoms with van der Waals surface area (Å²) in [6, 6.07) is 16.0. The normalized spacial score (nSPS) is 23.7. The van der Waals surface area contributed by atoms with E-state index in [9.17, 15) is 9.59 Å². The van der Waals surface area contributed by atoms with E-state index in [0.29, 0.717) is 30.2 Å². The first kappa shape index (κ1) is 26.2. The first-order valence-corrected chi connectivity index (χ1v) is 13.0. The van der Waals surface area contributed by atoms with E-state index in [1.165, 1.54) is 5.56 Å². The van der Waals surface area contributed by atoms with E-state index in [4.69, 9.17) is 9.47 Å². The molecule has 2 aromatic carbocycles. The molecule has 36 heavy (non-hydrogen) atoms. The van der Waals surface area contributed by atoms with Gasteiger partial charge >= 0.3 is 0 Å². The van der Waals surface area contributed by atoms with Gasteiger partial charge in [0.05, 0.1) is 11.7 Å². The highest BCUT2D eigenvalue weighted by Crippen LogP contribution is 2.32. The molecule has 0 aromatic heterocycles. The van der Waals surface area contributed by atoms with Gasteiger partial charge in [0.2, 0.25) is 5.91 Å². The van der Waals surface area contributed by atoms with Crippen molar-refractivity contribution in [1.82, 2.24) is 9.80 Å². The van der Waals surface area contributed by atoms with Crippen molar-refractivity contribution in [3.05, 3.63) is 59.7 Å². The Morgan fingerprint density at radius 3 is 2.56 bits per heavy atom. The Morgan fingerprint density at radius 1 is 1.11 bits per heavy atom. The van der Waals surface area contributed by atoms with Gasteiger partial charge in [-0.1, -0.05) is 37.3 Å². The van der Waals surface area contributed by atoms with E-state index in [1.54, 1.807) is 37.3 Å². The number of ether oxygens (including phenoxy) is 2. The van der Waals surface area contributed by atoms with Crippen molar-refractivity contribution < 1.29 is 19.1 Å². The zero-order valence-corrected chi connectivity index (χ0v) is 21.9. The standard InChI is InChI=1S/C29H39N3O4/c1-20-17-32(15-14-22-8-6-5-7-9-22)21(2)19-36-26-16-24(30-28(33)23-10-11-23)12-13-25(26)29(34)31(3)18-27(20)35-4/h5-9,12-13,16,20-21,23,27H,10-11,14-15,17-19H2,1-4H3,(H,30,33)/t20-,21+,27-/m0/s1. The van der Waals surface area contributed by atoms with Crippen LogP contribution in [-0.4, -0.2) is 74.2 Å². The van der Waals surface area contributed by atoms with Gasteiger partial charge in [0.25, 0.3) is 5.91 Å². The topological polar surface area (TPSA) is 71.1 Å². The molecule has 0 unspecified atom stereocenters. The maximum absolute atomic E-state index is 13.4. The van der Waals surface area contributed by atoms with E-state index in [2.05, 4.69) is 48.3 Å². The molecule has 2 amide bonds. The molecule has 1 saturated carbocycles. The Bertz CT molecular complexity index is 1040. The molecule has 4 rings (SSSR count). The van der Waals surface area contributed by atoms with Crippen LogP contribution in [-0.2, 0) is 16.0 Å². The third kappa shape index (κ3) is 6.65. The van der Waals surface area contributed by atoms with E-state index < -0.39 is 0 Å². The minimum atomic E-state index is -0.117. The van der Waals surface area contributed by atoms with Crippen molar-refractivity contribution in [2.45, 2.75) is 45.3 Å². The predicted molar refractivity (Wildman–Crippen MR) is 141 cm³/mol. The number of fused-ring (bicyclic) bond motifs is 1. The maximum atomic E-state index is 13.4. The number of nitrogens with one attached hydrogen (secondary N) is 1. The summed E-state index contributed by atoms with van der Waals surface area (Å²) in [5.74, 6) is 0.739. The first-order chi connectivity index (χ1) is 17.4. The minimum absolute atomic E-state index is 0.0314. The number of rotatable bonds is 6. The van der Waals surface area contributed by atoms with Crippen LogP contribution < -0.4 is 10.1 Å². The van der Waals surface area contributed by atoms with Crippen molar-refractivity contribution in [2.75, 3.05) is 45.7 Å². The Balaban J connectivity index is 1.58. The fraction of sp³-hybridized carbons (Fsp3) is 0.517. The Hall–Kier alpha value is -2.90. The van der Waals surface area contributed by atoms with Gasteiger partial charge in [0.1, 0.15) is 12.4 Å². The van der Waals surface area contributed by atoms with E-state index in [1.807, 2.05) is 6.07 Å². The summed E-state index contributed by atoms with van der Waals surface area (Å²) in [6.45, 7) is 7.00. The van der Waals surface area contributed by atoms with Crippen LogP contribution >= 0.6 is 0 Å². The average Bonchev–Trinajstić information content (AvgIpc) is 3.73. The van der Waals surface area contributed by atoms with Crippen LogP contribution in [0.2, 0.25) is 0 Å². The molecule has 1 aliphatic heterocycles. The van der Waals surface area contributed by atoms with Gasteiger partial charge < -0.3 is 19.7 Å². The molecule has 7 heteroatoms. The lowest BCUT2D eigenvalue weighted by Gasteiger charge is -2.36. The number of anilines is 1. The monoisotopic (exact) mass is 493 g/mol. The third-order valence-corrected chi connectivity index (χ3v) is 7.32. The van der Waals surface area contributed by atoms with Gasteiger partial charge in [-0.2, -0.15) is 0 Å². The largest absolute Gasteiger partial charge is 0.491 e. The summed E-state index contributed by atoms with van der Waals surface area (Å²) in [6.07, 6.45) is 2.73. The number of benzene rings is 2. The van der Waals surface area contributed by atoms with Crippen LogP contribution in [0.15, 0.2) is 48.5 Å². The quantitative estimate of drug-likeness (QED) is 0.657. The van der Waals surface area contributed by atoms with Crippen molar-refractivity contribution >= 4 is 17.5 Å². The molecule has 1 aliphatic carbocycles. The van der Waals surface area contributed by atoms with Crippen molar-refractivity contribution in [3.8, 4) is 5.75 Å². The molecule has 3 atom stereocenters. The smallest absolute Gasteiger partial charge is 0.257 e. The van der Waals surface area contributed by atoms with Crippen LogP contribution in [0.1, 0.15) is 42.6 Å². The predicted octanol–water partition coefficient (Wildman–Crippen LogP) is 4.08. The zero-order valence-electron chi connectivity index (χ0n) is 21.9. The summed E-state index contributed by atoms with van der Waals surface area (Å²) in [7, 11) is 3.52. The van der Waals surface area contributed by atoms with Gasteiger partial charge in [-0.05, 0) is 49.8 Å². The van der Waals surface area contributed by atoms with Gasteiger partial charge in [-0.15, -0.1) is 0 Å². The molecule has 0 saturated heterocycles. The maximum Gasteiger partial charge on any atom is 0.257 e. The third-order valence-electron chi connectivity index (χ3n) is 7.32. The van der Waals surface area contributed by atoms with Crippen molar-refractivity contribution in [3.63, 3.8) is 0 Å². The number of nitrogens with zero attached hydrogens (tertiary/aromatic N) is 2. The summed E-state index contributed by atoms with van der Waals surface area (Å²) in [4.78, 5) is 29.8. The number of carbonyl (C=O) groups excluding carboxylic acids is 2. The highest BCUT2D eigenvalue weighted by atomic mass is 16.5. The average molecular weight is 494 g/mol. The van der Waals surface area contributed by atoms with Crippen LogP contribution in [0.3, 0.4) is 0 Å². The fourth-order valence-corrected chi connectivity index (χ4v) is 4.74. The van der Waals surface area contributed by atoms with Crippen LogP contribution in [0, 0.1) is 11.8 Å².